The molecule has 0 aromatic carbocycles. The zero-order valence-corrected chi connectivity index (χ0v) is 10.8. The van der Waals surface area contributed by atoms with Gasteiger partial charge in [0.15, 0.2) is 5.75 Å². The molecular weight excluding hydrogens is 236 g/mol. The number of carboxylic acid groups (broad SMARTS) is 1. The summed E-state index contributed by atoms with van der Waals surface area (Å²) in [5.41, 5.74) is -0.606. The number of ether oxygens (including phenoxy) is 1. The smallest absolute Gasteiger partial charge is 0.341 e. The number of hydrogen-bond donors (Lipinski definition) is 2. The Kier molecular flexibility index (Phi) is 3.90. The number of pyridine rings is 1. The average Bonchev–Trinajstić information content (AvgIpc) is 2.26. The fourth-order valence-corrected chi connectivity index (χ4v) is 1.22. The van der Waals surface area contributed by atoms with Gasteiger partial charge >= 0.3 is 5.97 Å². The first-order chi connectivity index (χ1) is 8.27. The third kappa shape index (κ3) is 2.97. The maximum absolute atomic E-state index is 11.8. The predicted molar refractivity (Wildman–Crippen MR) is 65.8 cm³/mol. The number of carbonyl (C=O) groups is 2. The highest BCUT2D eigenvalue weighted by atomic mass is 16.5. The minimum Gasteiger partial charge on any atom is -0.494 e. The van der Waals surface area contributed by atoms with E-state index in [0.717, 1.165) is 0 Å². The molecule has 0 atom stereocenters. The van der Waals surface area contributed by atoms with Crippen molar-refractivity contribution >= 4 is 17.6 Å². The van der Waals surface area contributed by atoms with E-state index in [4.69, 9.17) is 9.84 Å². The molecule has 1 amide bonds. The average molecular weight is 252 g/mol. The topological polar surface area (TPSA) is 88.5 Å². The van der Waals surface area contributed by atoms with E-state index in [2.05, 4.69) is 10.3 Å². The molecule has 0 unspecified atom stereocenters. The standard InChI is InChI=1S/C12H16N2O4/c1-12(2,3)11(17)14-7-5-13-6-8(18-4)9(7)10(15)16/h5-6H,1-4H3,(H,14,17)(H,15,16). The van der Waals surface area contributed by atoms with Gasteiger partial charge in [0.2, 0.25) is 5.91 Å². The molecule has 0 saturated carbocycles. The van der Waals surface area contributed by atoms with Gasteiger partial charge in [0, 0.05) is 5.41 Å². The molecule has 0 aliphatic rings. The Hall–Kier alpha value is -2.11. The fourth-order valence-electron chi connectivity index (χ4n) is 1.22. The molecule has 0 bridgehead atoms. The second kappa shape index (κ2) is 5.03. The number of nitrogens with zero attached hydrogens (tertiary/aromatic N) is 1. The van der Waals surface area contributed by atoms with Gasteiger partial charge in [-0.15, -0.1) is 0 Å². The number of aromatic carboxylic acids is 1. The number of carbonyl (C=O) groups excluding carboxylic acids is 1. The van der Waals surface area contributed by atoms with Crippen LogP contribution in [0.15, 0.2) is 12.4 Å². The van der Waals surface area contributed by atoms with Gasteiger partial charge in [-0.2, -0.15) is 0 Å². The van der Waals surface area contributed by atoms with E-state index < -0.39 is 11.4 Å². The quantitative estimate of drug-likeness (QED) is 0.855. The van der Waals surface area contributed by atoms with E-state index in [9.17, 15) is 9.59 Å². The zero-order chi connectivity index (χ0) is 13.9. The molecule has 0 fully saturated rings. The van der Waals surface area contributed by atoms with Gasteiger partial charge in [-0.25, -0.2) is 4.79 Å². The van der Waals surface area contributed by atoms with E-state index in [0.29, 0.717) is 0 Å². The Labute approximate surface area is 105 Å². The lowest BCUT2D eigenvalue weighted by atomic mass is 9.95. The molecule has 0 aliphatic carbocycles. The summed E-state index contributed by atoms with van der Waals surface area (Å²) in [5.74, 6) is -1.37. The van der Waals surface area contributed by atoms with Crippen LogP contribution in [0.1, 0.15) is 31.1 Å². The summed E-state index contributed by atoms with van der Waals surface area (Å²) in [6.45, 7) is 5.20. The Balaban J connectivity index is 3.17. The first-order valence-corrected chi connectivity index (χ1v) is 5.34. The Morgan fingerprint density at radius 1 is 1.33 bits per heavy atom. The van der Waals surface area contributed by atoms with Crippen molar-refractivity contribution in [3.8, 4) is 5.75 Å². The highest BCUT2D eigenvalue weighted by Gasteiger charge is 2.24. The molecule has 1 heterocycles. The first-order valence-electron chi connectivity index (χ1n) is 5.34. The van der Waals surface area contributed by atoms with Crippen LogP contribution in [0.2, 0.25) is 0 Å². The van der Waals surface area contributed by atoms with Crippen LogP contribution in [0.3, 0.4) is 0 Å². The van der Waals surface area contributed by atoms with Crippen LogP contribution >= 0.6 is 0 Å². The second-order valence-electron chi connectivity index (χ2n) is 4.77. The van der Waals surface area contributed by atoms with Crippen LogP contribution in [-0.2, 0) is 4.79 Å². The second-order valence-corrected chi connectivity index (χ2v) is 4.77. The maximum atomic E-state index is 11.8. The van der Waals surface area contributed by atoms with E-state index in [1.54, 1.807) is 20.8 Å². The van der Waals surface area contributed by atoms with Crippen molar-refractivity contribution in [2.75, 3.05) is 12.4 Å². The number of amides is 1. The van der Waals surface area contributed by atoms with Gasteiger partial charge in [0.1, 0.15) is 5.56 Å². The molecule has 1 aromatic heterocycles. The molecular formula is C12H16N2O4. The predicted octanol–water partition coefficient (Wildman–Crippen LogP) is 1.77. The molecule has 1 rings (SSSR count). The van der Waals surface area contributed by atoms with Gasteiger partial charge in [-0.05, 0) is 0 Å². The third-order valence-electron chi connectivity index (χ3n) is 2.27. The number of methoxy groups -OCH3 is 1. The van der Waals surface area contributed by atoms with Crippen LogP contribution in [0.25, 0.3) is 0 Å². The number of nitrogens with one attached hydrogen (secondary N) is 1. The Bertz CT molecular complexity index is 477. The van der Waals surface area contributed by atoms with Crippen LogP contribution in [0.5, 0.6) is 5.75 Å². The molecule has 2 N–H and O–H groups in total. The molecule has 0 radical (unpaired) electrons. The summed E-state index contributed by atoms with van der Waals surface area (Å²) in [6, 6.07) is 0. The lowest BCUT2D eigenvalue weighted by Crippen LogP contribution is -2.28. The van der Waals surface area contributed by atoms with Crippen molar-refractivity contribution in [2.24, 2.45) is 5.41 Å². The lowest BCUT2D eigenvalue weighted by molar-refractivity contribution is -0.123. The van der Waals surface area contributed by atoms with Crippen molar-refractivity contribution in [3.05, 3.63) is 18.0 Å². The summed E-state index contributed by atoms with van der Waals surface area (Å²) < 4.78 is 4.92. The third-order valence-corrected chi connectivity index (χ3v) is 2.27. The van der Waals surface area contributed by atoms with E-state index in [1.807, 2.05) is 0 Å². The molecule has 0 spiro atoms. The summed E-state index contributed by atoms with van der Waals surface area (Å²) in [7, 11) is 1.35. The molecule has 98 valence electrons. The van der Waals surface area contributed by atoms with Gasteiger partial charge < -0.3 is 15.2 Å². The summed E-state index contributed by atoms with van der Waals surface area (Å²) >= 11 is 0. The minimum atomic E-state index is -1.18. The number of rotatable bonds is 3. The number of hydrogen-bond acceptors (Lipinski definition) is 4. The van der Waals surface area contributed by atoms with Crippen LogP contribution < -0.4 is 10.1 Å². The largest absolute Gasteiger partial charge is 0.494 e. The molecule has 0 aliphatic heterocycles. The monoisotopic (exact) mass is 252 g/mol. The lowest BCUT2D eigenvalue weighted by Gasteiger charge is -2.19. The van der Waals surface area contributed by atoms with Gasteiger partial charge in [-0.3, -0.25) is 9.78 Å². The maximum Gasteiger partial charge on any atom is 0.341 e. The van der Waals surface area contributed by atoms with Gasteiger partial charge in [0.25, 0.3) is 0 Å². The summed E-state index contributed by atoms with van der Waals surface area (Å²) in [5, 5.41) is 11.7. The van der Waals surface area contributed by atoms with Crippen LogP contribution in [-0.4, -0.2) is 29.1 Å². The van der Waals surface area contributed by atoms with E-state index in [-0.39, 0.29) is 22.9 Å². The molecule has 18 heavy (non-hydrogen) atoms. The van der Waals surface area contributed by atoms with Crippen LogP contribution in [0, 0.1) is 5.41 Å². The summed E-state index contributed by atoms with van der Waals surface area (Å²) in [6.07, 6.45) is 2.58. The van der Waals surface area contributed by atoms with Gasteiger partial charge in [0.05, 0.1) is 25.2 Å². The highest BCUT2D eigenvalue weighted by Crippen LogP contribution is 2.26. The normalized spacial score (nSPS) is 10.9. The molecule has 6 nitrogen and oxygen atoms in total. The van der Waals surface area contributed by atoms with Crippen molar-refractivity contribution in [1.29, 1.82) is 0 Å². The van der Waals surface area contributed by atoms with Crippen molar-refractivity contribution in [1.82, 2.24) is 4.98 Å². The number of aromatic nitrogens is 1. The summed E-state index contributed by atoms with van der Waals surface area (Å²) in [4.78, 5) is 26.8. The minimum absolute atomic E-state index is 0.106. The highest BCUT2D eigenvalue weighted by molar-refractivity contribution is 6.03. The van der Waals surface area contributed by atoms with E-state index >= 15 is 0 Å². The number of anilines is 1. The number of carboxylic acids is 1. The fraction of sp³-hybridized carbons (Fsp3) is 0.417. The molecule has 1 aromatic rings. The van der Waals surface area contributed by atoms with Crippen molar-refractivity contribution < 1.29 is 19.4 Å². The van der Waals surface area contributed by atoms with Gasteiger partial charge in [-0.1, -0.05) is 20.8 Å². The van der Waals surface area contributed by atoms with E-state index in [1.165, 1.54) is 19.5 Å². The first kappa shape index (κ1) is 14.0. The molecule has 6 heteroatoms. The Morgan fingerprint density at radius 2 is 1.94 bits per heavy atom. The zero-order valence-electron chi connectivity index (χ0n) is 10.8. The molecule has 0 saturated heterocycles. The van der Waals surface area contributed by atoms with Crippen molar-refractivity contribution in [3.63, 3.8) is 0 Å². The van der Waals surface area contributed by atoms with Crippen LogP contribution in [0.4, 0.5) is 5.69 Å². The SMILES string of the molecule is COc1cncc(NC(=O)C(C)(C)C)c1C(=O)O. The van der Waals surface area contributed by atoms with Crippen molar-refractivity contribution in [2.45, 2.75) is 20.8 Å². The Morgan fingerprint density at radius 3 is 2.39 bits per heavy atom.